The fourth-order valence-corrected chi connectivity index (χ4v) is 4.18. The summed E-state index contributed by atoms with van der Waals surface area (Å²) in [6, 6.07) is 5.64. The summed E-state index contributed by atoms with van der Waals surface area (Å²) < 4.78 is 50.6. The number of nitriles is 1. The van der Waals surface area contributed by atoms with Crippen molar-refractivity contribution in [3.8, 4) is 6.07 Å². The third kappa shape index (κ3) is 2.01. The van der Waals surface area contributed by atoms with E-state index in [4.69, 9.17) is 9.15 Å². The number of fused-ring (bicyclic) bond motifs is 1. The van der Waals surface area contributed by atoms with Crippen LogP contribution in [0.1, 0.15) is 6.42 Å². The highest BCUT2D eigenvalue weighted by atomic mass is 32.2. The van der Waals surface area contributed by atoms with E-state index < -0.39 is 21.4 Å². The van der Waals surface area contributed by atoms with Crippen molar-refractivity contribution in [2.75, 3.05) is 20.3 Å². The van der Waals surface area contributed by atoms with Gasteiger partial charge in [0.1, 0.15) is 5.54 Å². The molecule has 1 unspecified atom stereocenters. The molecule has 1 aliphatic rings. The SMILES string of the molecule is CN(C1(C#N)CCOC1)S(=O)(=O)c1ccc(F)c2occc12. The number of halogens is 1. The van der Waals surface area contributed by atoms with Gasteiger partial charge in [-0.2, -0.15) is 9.57 Å². The molecule has 1 aromatic heterocycles. The molecule has 1 saturated heterocycles. The average Bonchev–Trinajstić information content (AvgIpc) is 3.16. The Hall–Kier alpha value is -1.95. The van der Waals surface area contributed by atoms with Crippen molar-refractivity contribution < 1.29 is 22.0 Å². The van der Waals surface area contributed by atoms with E-state index in [1.54, 1.807) is 0 Å². The molecule has 1 aliphatic heterocycles. The number of hydrogen-bond donors (Lipinski definition) is 0. The van der Waals surface area contributed by atoms with E-state index in [-0.39, 0.29) is 28.9 Å². The van der Waals surface area contributed by atoms with E-state index in [9.17, 15) is 18.1 Å². The minimum absolute atomic E-state index is 0.00888. The topological polar surface area (TPSA) is 83.5 Å². The number of likely N-dealkylation sites (N-methyl/N-ethyl adjacent to an activating group) is 1. The molecule has 116 valence electrons. The number of hydrogen-bond acceptors (Lipinski definition) is 5. The zero-order chi connectivity index (χ0) is 16.0. The Morgan fingerprint density at radius 1 is 1.41 bits per heavy atom. The fourth-order valence-electron chi connectivity index (χ4n) is 2.57. The molecule has 2 heterocycles. The predicted molar refractivity (Wildman–Crippen MR) is 74.9 cm³/mol. The molecule has 2 aromatic rings. The molecule has 0 amide bonds. The van der Waals surface area contributed by atoms with Crippen LogP contribution in [0.2, 0.25) is 0 Å². The van der Waals surface area contributed by atoms with Crippen LogP contribution in [0.3, 0.4) is 0 Å². The summed E-state index contributed by atoms with van der Waals surface area (Å²) in [7, 11) is -2.67. The third-order valence-electron chi connectivity index (χ3n) is 3.98. The monoisotopic (exact) mass is 324 g/mol. The summed E-state index contributed by atoms with van der Waals surface area (Å²) in [4.78, 5) is -0.0957. The van der Waals surface area contributed by atoms with Crippen molar-refractivity contribution in [2.45, 2.75) is 16.9 Å². The molecule has 3 rings (SSSR count). The van der Waals surface area contributed by atoms with E-state index in [2.05, 4.69) is 0 Å². The molecule has 8 heteroatoms. The van der Waals surface area contributed by atoms with Gasteiger partial charge in [-0.1, -0.05) is 0 Å². The quantitative estimate of drug-likeness (QED) is 0.860. The van der Waals surface area contributed by atoms with Crippen molar-refractivity contribution in [2.24, 2.45) is 0 Å². The lowest BCUT2D eigenvalue weighted by atomic mass is 10.0. The molecule has 0 bridgehead atoms. The van der Waals surface area contributed by atoms with Crippen LogP contribution in [-0.4, -0.2) is 38.5 Å². The van der Waals surface area contributed by atoms with Gasteiger partial charge in [0.2, 0.25) is 10.0 Å². The van der Waals surface area contributed by atoms with E-state index in [1.807, 2.05) is 6.07 Å². The predicted octanol–water partition coefficient (Wildman–Crippen LogP) is 1.88. The standard InChI is InChI=1S/C14H13FN2O4S/c1-17(14(8-16)5-7-20-9-14)22(18,19)12-3-2-11(15)13-10(12)4-6-21-13/h2-4,6H,5,7,9H2,1H3. The fraction of sp³-hybridized carbons (Fsp3) is 0.357. The largest absolute Gasteiger partial charge is 0.461 e. The molecule has 22 heavy (non-hydrogen) atoms. The third-order valence-corrected chi connectivity index (χ3v) is 5.96. The summed E-state index contributed by atoms with van der Waals surface area (Å²) in [5, 5.41) is 9.55. The van der Waals surface area contributed by atoms with Gasteiger partial charge in [0.05, 0.1) is 23.8 Å². The molecule has 1 atom stereocenters. The van der Waals surface area contributed by atoms with Gasteiger partial charge in [-0.15, -0.1) is 0 Å². The molecule has 6 nitrogen and oxygen atoms in total. The van der Waals surface area contributed by atoms with Crippen LogP contribution in [0, 0.1) is 17.1 Å². The lowest BCUT2D eigenvalue weighted by Crippen LogP contribution is -2.49. The Labute approximate surface area is 126 Å². The van der Waals surface area contributed by atoms with Crippen molar-refractivity contribution in [1.29, 1.82) is 5.26 Å². The van der Waals surface area contributed by atoms with Gasteiger partial charge in [-0.05, 0) is 18.2 Å². The summed E-state index contributed by atoms with van der Waals surface area (Å²) >= 11 is 0. The summed E-state index contributed by atoms with van der Waals surface area (Å²) in [5.41, 5.74) is -1.37. The average molecular weight is 324 g/mol. The smallest absolute Gasteiger partial charge is 0.245 e. The summed E-state index contributed by atoms with van der Waals surface area (Å²) in [6.07, 6.45) is 1.51. The number of nitrogens with zero attached hydrogens (tertiary/aromatic N) is 2. The Morgan fingerprint density at radius 2 is 2.18 bits per heavy atom. The maximum absolute atomic E-state index is 13.7. The van der Waals surface area contributed by atoms with Crippen molar-refractivity contribution in [1.82, 2.24) is 4.31 Å². The first-order valence-corrected chi connectivity index (χ1v) is 8.00. The Bertz CT molecular complexity index is 863. The number of benzene rings is 1. The Kier molecular flexibility index (Phi) is 3.44. The van der Waals surface area contributed by atoms with Gasteiger partial charge in [0.25, 0.3) is 0 Å². The van der Waals surface area contributed by atoms with Crippen molar-refractivity contribution in [3.63, 3.8) is 0 Å². The second-order valence-corrected chi connectivity index (χ2v) is 7.07. The number of sulfonamides is 1. The molecule has 0 N–H and O–H groups in total. The maximum Gasteiger partial charge on any atom is 0.245 e. The minimum atomic E-state index is -4.00. The Balaban J connectivity index is 2.15. The van der Waals surface area contributed by atoms with Crippen LogP contribution in [0.15, 0.2) is 33.8 Å². The van der Waals surface area contributed by atoms with E-state index in [0.29, 0.717) is 6.61 Å². The number of rotatable bonds is 3. The Morgan fingerprint density at radius 3 is 2.82 bits per heavy atom. The van der Waals surface area contributed by atoms with Crippen LogP contribution in [0.25, 0.3) is 11.0 Å². The molecule has 0 spiro atoms. The molecule has 0 saturated carbocycles. The first-order valence-electron chi connectivity index (χ1n) is 6.56. The molecule has 1 fully saturated rings. The maximum atomic E-state index is 13.7. The molecule has 1 aromatic carbocycles. The van der Waals surface area contributed by atoms with Crippen LogP contribution in [-0.2, 0) is 14.8 Å². The molecule has 0 radical (unpaired) electrons. The first-order chi connectivity index (χ1) is 10.4. The summed E-state index contributed by atoms with van der Waals surface area (Å²) in [6.45, 7) is 0.326. The first kappa shape index (κ1) is 15.0. The highest BCUT2D eigenvalue weighted by molar-refractivity contribution is 7.89. The van der Waals surface area contributed by atoms with Gasteiger partial charge < -0.3 is 9.15 Å². The molecular weight excluding hydrogens is 311 g/mol. The number of ether oxygens (including phenoxy) is 1. The second-order valence-electron chi connectivity index (χ2n) is 5.13. The molecule has 0 aliphatic carbocycles. The van der Waals surface area contributed by atoms with Gasteiger partial charge in [0, 0.05) is 25.5 Å². The normalized spacial score (nSPS) is 22.3. The van der Waals surface area contributed by atoms with E-state index in [0.717, 1.165) is 10.4 Å². The lowest BCUT2D eigenvalue weighted by Gasteiger charge is -2.30. The lowest BCUT2D eigenvalue weighted by molar-refractivity contribution is 0.163. The second kappa shape index (κ2) is 5.05. The van der Waals surface area contributed by atoms with Crippen LogP contribution < -0.4 is 0 Å². The highest BCUT2D eigenvalue weighted by Gasteiger charge is 2.45. The number of furan rings is 1. The van der Waals surface area contributed by atoms with Crippen LogP contribution >= 0.6 is 0 Å². The zero-order valence-corrected chi connectivity index (χ0v) is 12.6. The highest BCUT2D eigenvalue weighted by Crippen LogP contribution is 2.33. The van der Waals surface area contributed by atoms with Gasteiger partial charge in [0.15, 0.2) is 11.4 Å². The van der Waals surface area contributed by atoms with Crippen LogP contribution in [0.5, 0.6) is 0 Å². The van der Waals surface area contributed by atoms with Crippen LogP contribution in [0.4, 0.5) is 4.39 Å². The van der Waals surface area contributed by atoms with Gasteiger partial charge in [-0.3, -0.25) is 0 Å². The van der Waals surface area contributed by atoms with E-state index >= 15 is 0 Å². The molecular formula is C14H13FN2O4S. The zero-order valence-electron chi connectivity index (χ0n) is 11.7. The van der Waals surface area contributed by atoms with Gasteiger partial charge in [-0.25, -0.2) is 12.8 Å². The van der Waals surface area contributed by atoms with Gasteiger partial charge >= 0.3 is 0 Å². The van der Waals surface area contributed by atoms with E-state index in [1.165, 1.54) is 25.4 Å². The van der Waals surface area contributed by atoms with Crippen molar-refractivity contribution in [3.05, 3.63) is 30.3 Å². The van der Waals surface area contributed by atoms with Crippen molar-refractivity contribution >= 4 is 21.0 Å². The minimum Gasteiger partial charge on any atom is -0.461 e. The summed E-state index contributed by atoms with van der Waals surface area (Å²) in [5.74, 6) is -0.638.